The SMILES string of the molecule is Cn1ncc(C(=O)O)c1CS(=O)c1cc(F)ccc1F. The van der Waals surface area contributed by atoms with Gasteiger partial charge < -0.3 is 5.11 Å². The third kappa shape index (κ3) is 2.74. The van der Waals surface area contributed by atoms with Crippen LogP contribution in [-0.4, -0.2) is 25.1 Å². The van der Waals surface area contributed by atoms with Gasteiger partial charge in [-0.3, -0.25) is 8.89 Å². The molecule has 0 radical (unpaired) electrons. The molecule has 0 spiro atoms. The first-order valence-electron chi connectivity index (χ1n) is 5.47. The van der Waals surface area contributed by atoms with Crippen LogP contribution in [0.1, 0.15) is 16.1 Å². The quantitative estimate of drug-likeness (QED) is 0.933. The van der Waals surface area contributed by atoms with Crippen LogP contribution in [0.2, 0.25) is 0 Å². The van der Waals surface area contributed by atoms with Crippen molar-refractivity contribution in [3.8, 4) is 0 Å². The second-order valence-electron chi connectivity index (χ2n) is 4.00. The predicted molar refractivity (Wildman–Crippen MR) is 66.6 cm³/mol. The Morgan fingerprint density at radius 1 is 1.45 bits per heavy atom. The lowest BCUT2D eigenvalue weighted by atomic mass is 10.3. The highest BCUT2D eigenvalue weighted by atomic mass is 32.2. The molecule has 0 aliphatic rings. The molecular weight excluding hydrogens is 290 g/mol. The molecule has 1 unspecified atom stereocenters. The van der Waals surface area contributed by atoms with Gasteiger partial charge in [0.05, 0.1) is 33.3 Å². The summed E-state index contributed by atoms with van der Waals surface area (Å²) in [5.41, 5.74) is 0.0668. The number of rotatable bonds is 4. The van der Waals surface area contributed by atoms with Crippen LogP contribution < -0.4 is 0 Å². The molecule has 0 aliphatic carbocycles. The zero-order chi connectivity index (χ0) is 14.9. The van der Waals surface area contributed by atoms with Gasteiger partial charge in [-0.1, -0.05) is 0 Å². The van der Waals surface area contributed by atoms with Crippen LogP contribution in [0.4, 0.5) is 8.78 Å². The lowest BCUT2D eigenvalue weighted by Crippen LogP contribution is -2.09. The number of aryl methyl sites for hydroxylation is 1. The standard InChI is InChI=1S/C12H10F2N2O3S/c1-16-10(8(5-15-16)12(17)18)6-20(19)11-4-7(13)2-3-9(11)14/h2-5H,6H2,1H3,(H,17,18). The summed E-state index contributed by atoms with van der Waals surface area (Å²) in [5.74, 6) is -3.00. The fourth-order valence-electron chi connectivity index (χ4n) is 1.67. The van der Waals surface area contributed by atoms with Crippen LogP contribution in [-0.2, 0) is 23.6 Å². The van der Waals surface area contributed by atoms with Crippen molar-refractivity contribution in [2.45, 2.75) is 10.6 Å². The number of carboxylic acids is 1. The number of hydrogen-bond acceptors (Lipinski definition) is 3. The van der Waals surface area contributed by atoms with Gasteiger partial charge in [-0.05, 0) is 18.2 Å². The van der Waals surface area contributed by atoms with Gasteiger partial charge >= 0.3 is 5.97 Å². The highest BCUT2D eigenvalue weighted by molar-refractivity contribution is 7.84. The summed E-state index contributed by atoms with van der Waals surface area (Å²) >= 11 is 0. The normalized spacial score (nSPS) is 12.3. The Balaban J connectivity index is 2.35. The number of carbonyl (C=O) groups is 1. The fourth-order valence-corrected chi connectivity index (χ4v) is 2.94. The van der Waals surface area contributed by atoms with E-state index in [1.165, 1.54) is 11.7 Å². The van der Waals surface area contributed by atoms with E-state index in [2.05, 4.69) is 5.10 Å². The summed E-state index contributed by atoms with van der Waals surface area (Å²) in [6.07, 6.45) is 1.12. The molecular formula is C12H10F2N2O3S. The Bertz CT molecular complexity index is 700. The average molecular weight is 300 g/mol. The van der Waals surface area contributed by atoms with E-state index in [9.17, 15) is 17.8 Å². The van der Waals surface area contributed by atoms with Crippen LogP contribution in [0, 0.1) is 11.6 Å². The maximum absolute atomic E-state index is 13.5. The molecule has 0 amide bonds. The van der Waals surface area contributed by atoms with Crippen LogP contribution in [0.3, 0.4) is 0 Å². The number of hydrogen-bond donors (Lipinski definition) is 1. The number of benzene rings is 1. The number of nitrogens with zero attached hydrogens (tertiary/aromatic N) is 2. The van der Waals surface area contributed by atoms with E-state index in [0.717, 1.165) is 24.4 Å². The number of halogens is 2. The van der Waals surface area contributed by atoms with Gasteiger partial charge in [0.2, 0.25) is 0 Å². The third-order valence-electron chi connectivity index (χ3n) is 2.70. The van der Waals surface area contributed by atoms with Crippen molar-refractivity contribution in [3.05, 3.63) is 47.3 Å². The summed E-state index contributed by atoms with van der Waals surface area (Å²) in [6, 6.07) is 2.63. The molecule has 5 nitrogen and oxygen atoms in total. The molecule has 20 heavy (non-hydrogen) atoms. The molecule has 2 aromatic rings. The fraction of sp³-hybridized carbons (Fsp3) is 0.167. The van der Waals surface area contributed by atoms with Crippen molar-refractivity contribution in [1.29, 1.82) is 0 Å². The van der Waals surface area contributed by atoms with Crippen molar-refractivity contribution >= 4 is 16.8 Å². The molecule has 1 N–H and O–H groups in total. The van der Waals surface area contributed by atoms with Crippen molar-refractivity contribution in [2.24, 2.45) is 7.05 Å². The minimum Gasteiger partial charge on any atom is -0.478 e. The van der Waals surface area contributed by atoms with E-state index in [1.807, 2.05) is 0 Å². The number of aromatic nitrogens is 2. The van der Waals surface area contributed by atoms with E-state index >= 15 is 0 Å². The van der Waals surface area contributed by atoms with E-state index in [1.54, 1.807) is 0 Å². The number of aromatic carboxylic acids is 1. The van der Waals surface area contributed by atoms with Crippen LogP contribution in [0.25, 0.3) is 0 Å². The highest BCUT2D eigenvalue weighted by Gasteiger charge is 2.20. The van der Waals surface area contributed by atoms with E-state index in [-0.39, 0.29) is 21.9 Å². The van der Waals surface area contributed by atoms with Gasteiger partial charge in [0, 0.05) is 7.05 Å². The summed E-state index contributed by atoms with van der Waals surface area (Å²) in [5, 5.41) is 12.7. The Kier molecular flexibility index (Phi) is 3.93. The van der Waals surface area contributed by atoms with Gasteiger partial charge in [0.15, 0.2) is 0 Å². The van der Waals surface area contributed by atoms with Gasteiger partial charge in [-0.15, -0.1) is 0 Å². The first kappa shape index (κ1) is 14.3. The first-order valence-corrected chi connectivity index (χ1v) is 6.79. The molecule has 0 bridgehead atoms. The maximum atomic E-state index is 13.5. The summed E-state index contributed by atoms with van der Waals surface area (Å²) in [7, 11) is -0.424. The Morgan fingerprint density at radius 3 is 2.80 bits per heavy atom. The summed E-state index contributed by atoms with van der Waals surface area (Å²) < 4.78 is 39.9. The highest BCUT2D eigenvalue weighted by Crippen LogP contribution is 2.19. The molecule has 106 valence electrons. The summed E-state index contributed by atoms with van der Waals surface area (Å²) in [4.78, 5) is 10.7. The topological polar surface area (TPSA) is 72.2 Å². The van der Waals surface area contributed by atoms with Gasteiger partial charge in [0.25, 0.3) is 0 Å². The molecule has 1 aromatic carbocycles. The van der Waals surface area contributed by atoms with Crippen LogP contribution in [0.5, 0.6) is 0 Å². The molecule has 1 atom stereocenters. The molecule has 1 heterocycles. The van der Waals surface area contributed by atoms with Gasteiger partial charge in [0.1, 0.15) is 17.2 Å². The average Bonchev–Trinajstić information content (AvgIpc) is 2.74. The molecule has 0 saturated heterocycles. The van der Waals surface area contributed by atoms with E-state index in [4.69, 9.17) is 5.11 Å². The third-order valence-corrected chi connectivity index (χ3v) is 4.04. The van der Waals surface area contributed by atoms with Gasteiger partial charge in [-0.25, -0.2) is 13.6 Å². The van der Waals surface area contributed by atoms with Gasteiger partial charge in [-0.2, -0.15) is 5.10 Å². The van der Waals surface area contributed by atoms with E-state index < -0.39 is 28.4 Å². The first-order chi connectivity index (χ1) is 9.40. The van der Waals surface area contributed by atoms with Crippen LogP contribution in [0.15, 0.2) is 29.3 Å². The minimum absolute atomic E-state index is 0.113. The summed E-state index contributed by atoms with van der Waals surface area (Å²) in [6.45, 7) is 0. The predicted octanol–water partition coefficient (Wildman–Crippen LogP) is 1.70. The lowest BCUT2D eigenvalue weighted by molar-refractivity contribution is 0.0696. The molecule has 8 heteroatoms. The second kappa shape index (κ2) is 5.49. The van der Waals surface area contributed by atoms with Crippen molar-refractivity contribution < 1.29 is 22.9 Å². The Morgan fingerprint density at radius 2 is 2.15 bits per heavy atom. The second-order valence-corrected chi connectivity index (χ2v) is 5.42. The van der Waals surface area contributed by atoms with Crippen molar-refractivity contribution in [1.82, 2.24) is 9.78 Å². The molecule has 1 aromatic heterocycles. The lowest BCUT2D eigenvalue weighted by Gasteiger charge is -2.06. The zero-order valence-electron chi connectivity index (χ0n) is 10.3. The van der Waals surface area contributed by atoms with Crippen molar-refractivity contribution in [2.75, 3.05) is 0 Å². The number of carboxylic acid groups (broad SMARTS) is 1. The molecule has 0 fully saturated rings. The maximum Gasteiger partial charge on any atom is 0.339 e. The molecule has 0 saturated carbocycles. The molecule has 2 rings (SSSR count). The molecule has 0 aliphatic heterocycles. The van der Waals surface area contributed by atoms with Crippen LogP contribution >= 0.6 is 0 Å². The minimum atomic E-state index is -1.91. The Hall–Kier alpha value is -2.09. The monoisotopic (exact) mass is 300 g/mol. The van der Waals surface area contributed by atoms with Crippen molar-refractivity contribution in [3.63, 3.8) is 0 Å². The zero-order valence-corrected chi connectivity index (χ0v) is 11.2. The Labute approximate surface area is 115 Å². The smallest absolute Gasteiger partial charge is 0.339 e. The largest absolute Gasteiger partial charge is 0.478 e. The van der Waals surface area contributed by atoms with E-state index in [0.29, 0.717) is 0 Å².